The van der Waals surface area contributed by atoms with E-state index in [0.717, 1.165) is 38.0 Å². The largest absolute Gasteiger partial charge is 0.390 e. The SMILES string of the molecule is CC1(O)CCN(Cc2cccc(C(N)=O)c2)CC1. The molecular formula is C14H20N2O2. The molecule has 0 bridgehead atoms. The van der Waals surface area contributed by atoms with Gasteiger partial charge < -0.3 is 10.8 Å². The van der Waals surface area contributed by atoms with Gasteiger partial charge in [-0.1, -0.05) is 12.1 Å². The maximum Gasteiger partial charge on any atom is 0.248 e. The van der Waals surface area contributed by atoms with Gasteiger partial charge in [0, 0.05) is 25.2 Å². The standard InChI is InChI=1S/C14H20N2O2/c1-14(18)5-7-16(8-6-14)10-11-3-2-4-12(9-11)13(15)17/h2-4,9,18H,5-8,10H2,1H3,(H2,15,17). The zero-order valence-electron chi connectivity index (χ0n) is 10.7. The summed E-state index contributed by atoms with van der Waals surface area (Å²) in [6, 6.07) is 7.43. The van der Waals surface area contributed by atoms with E-state index in [-0.39, 0.29) is 0 Å². The second-order valence-electron chi connectivity index (χ2n) is 5.34. The van der Waals surface area contributed by atoms with Gasteiger partial charge in [0.05, 0.1) is 5.60 Å². The highest BCUT2D eigenvalue weighted by Gasteiger charge is 2.27. The van der Waals surface area contributed by atoms with Gasteiger partial charge in [0.15, 0.2) is 0 Å². The highest BCUT2D eigenvalue weighted by Crippen LogP contribution is 2.22. The monoisotopic (exact) mass is 248 g/mol. The molecule has 1 heterocycles. The fourth-order valence-corrected chi connectivity index (χ4v) is 2.27. The van der Waals surface area contributed by atoms with E-state index in [2.05, 4.69) is 4.90 Å². The summed E-state index contributed by atoms with van der Waals surface area (Å²) in [5.74, 6) is -0.390. The van der Waals surface area contributed by atoms with Gasteiger partial charge in [-0.15, -0.1) is 0 Å². The second-order valence-corrected chi connectivity index (χ2v) is 5.34. The Balaban J connectivity index is 1.98. The first-order valence-electron chi connectivity index (χ1n) is 6.30. The minimum atomic E-state index is -0.522. The highest BCUT2D eigenvalue weighted by molar-refractivity contribution is 5.92. The summed E-state index contributed by atoms with van der Waals surface area (Å²) in [5.41, 5.74) is 6.39. The van der Waals surface area contributed by atoms with E-state index in [1.807, 2.05) is 25.1 Å². The highest BCUT2D eigenvalue weighted by atomic mass is 16.3. The molecule has 2 rings (SSSR count). The molecule has 4 heteroatoms. The smallest absolute Gasteiger partial charge is 0.248 e. The molecule has 0 saturated carbocycles. The molecule has 0 aliphatic carbocycles. The van der Waals surface area contributed by atoms with Crippen molar-refractivity contribution in [2.75, 3.05) is 13.1 Å². The van der Waals surface area contributed by atoms with Crippen molar-refractivity contribution in [1.29, 1.82) is 0 Å². The van der Waals surface area contributed by atoms with Crippen LogP contribution in [0.3, 0.4) is 0 Å². The van der Waals surface area contributed by atoms with E-state index in [9.17, 15) is 9.90 Å². The molecule has 4 nitrogen and oxygen atoms in total. The third-order valence-electron chi connectivity index (χ3n) is 3.55. The number of carbonyl (C=O) groups excluding carboxylic acids is 1. The molecule has 1 amide bonds. The van der Waals surface area contributed by atoms with Crippen molar-refractivity contribution in [3.63, 3.8) is 0 Å². The lowest BCUT2D eigenvalue weighted by Gasteiger charge is -2.35. The average molecular weight is 248 g/mol. The van der Waals surface area contributed by atoms with Gasteiger partial charge in [-0.25, -0.2) is 0 Å². The zero-order valence-corrected chi connectivity index (χ0v) is 10.7. The van der Waals surface area contributed by atoms with Crippen LogP contribution in [-0.2, 0) is 6.54 Å². The molecule has 0 unspecified atom stereocenters. The number of aliphatic hydroxyl groups is 1. The maximum absolute atomic E-state index is 11.1. The summed E-state index contributed by atoms with van der Waals surface area (Å²) in [4.78, 5) is 13.4. The lowest BCUT2D eigenvalue weighted by Crippen LogP contribution is -2.41. The second kappa shape index (κ2) is 5.08. The van der Waals surface area contributed by atoms with Crippen LogP contribution in [0.2, 0.25) is 0 Å². The Morgan fingerprint density at radius 2 is 2.11 bits per heavy atom. The fourth-order valence-electron chi connectivity index (χ4n) is 2.27. The Labute approximate surface area is 107 Å². The van der Waals surface area contributed by atoms with Crippen LogP contribution in [0.1, 0.15) is 35.7 Å². The number of hydrogen-bond acceptors (Lipinski definition) is 3. The van der Waals surface area contributed by atoms with E-state index in [4.69, 9.17) is 5.73 Å². The van der Waals surface area contributed by atoms with Crippen LogP contribution in [0.4, 0.5) is 0 Å². The molecule has 0 spiro atoms. The van der Waals surface area contributed by atoms with Gasteiger partial charge in [0.25, 0.3) is 0 Å². The summed E-state index contributed by atoms with van der Waals surface area (Å²) in [6.45, 7) is 4.46. The van der Waals surface area contributed by atoms with Gasteiger partial charge in [0.2, 0.25) is 5.91 Å². The molecule has 0 radical (unpaired) electrons. The number of nitrogens with two attached hydrogens (primary N) is 1. The number of piperidine rings is 1. The van der Waals surface area contributed by atoms with Crippen molar-refractivity contribution in [3.05, 3.63) is 35.4 Å². The van der Waals surface area contributed by atoms with Crippen molar-refractivity contribution in [2.45, 2.75) is 31.9 Å². The van der Waals surface area contributed by atoms with Gasteiger partial charge in [0.1, 0.15) is 0 Å². The van der Waals surface area contributed by atoms with Crippen LogP contribution < -0.4 is 5.73 Å². The molecule has 1 aromatic rings. The number of carbonyl (C=O) groups is 1. The van der Waals surface area contributed by atoms with Crippen molar-refractivity contribution in [2.24, 2.45) is 5.73 Å². The Hall–Kier alpha value is -1.39. The van der Waals surface area contributed by atoms with E-state index >= 15 is 0 Å². The zero-order chi connectivity index (χ0) is 13.2. The Bertz CT molecular complexity index is 433. The third kappa shape index (κ3) is 3.31. The molecule has 1 aliphatic rings. The van der Waals surface area contributed by atoms with Crippen LogP contribution in [-0.4, -0.2) is 34.6 Å². The predicted molar refractivity (Wildman–Crippen MR) is 70.1 cm³/mol. The summed E-state index contributed by atoms with van der Waals surface area (Å²) in [7, 11) is 0. The Morgan fingerprint density at radius 3 is 2.72 bits per heavy atom. The number of rotatable bonds is 3. The average Bonchev–Trinajstić information content (AvgIpc) is 2.32. The summed E-state index contributed by atoms with van der Waals surface area (Å²) >= 11 is 0. The fraction of sp³-hybridized carbons (Fsp3) is 0.500. The molecule has 1 aromatic carbocycles. The normalized spacial score (nSPS) is 19.7. The van der Waals surface area contributed by atoms with E-state index in [1.165, 1.54) is 0 Å². The Morgan fingerprint density at radius 1 is 1.44 bits per heavy atom. The van der Waals surface area contributed by atoms with Crippen LogP contribution in [0.25, 0.3) is 0 Å². The van der Waals surface area contributed by atoms with Crippen LogP contribution in [0.15, 0.2) is 24.3 Å². The summed E-state index contributed by atoms with van der Waals surface area (Å²) in [5, 5.41) is 9.89. The first-order valence-corrected chi connectivity index (χ1v) is 6.30. The molecule has 18 heavy (non-hydrogen) atoms. The van der Waals surface area contributed by atoms with Crippen LogP contribution >= 0.6 is 0 Å². The molecule has 1 aliphatic heterocycles. The van der Waals surface area contributed by atoms with E-state index in [1.54, 1.807) is 6.07 Å². The number of primary amides is 1. The number of likely N-dealkylation sites (tertiary alicyclic amines) is 1. The number of hydrogen-bond donors (Lipinski definition) is 2. The minimum Gasteiger partial charge on any atom is -0.390 e. The first-order chi connectivity index (χ1) is 8.46. The summed E-state index contributed by atoms with van der Waals surface area (Å²) in [6.07, 6.45) is 1.59. The van der Waals surface area contributed by atoms with E-state index < -0.39 is 11.5 Å². The van der Waals surface area contributed by atoms with E-state index in [0.29, 0.717) is 5.56 Å². The Kier molecular flexibility index (Phi) is 3.68. The molecule has 1 saturated heterocycles. The van der Waals surface area contributed by atoms with Crippen molar-refractivity contribution in [3.8, 4) is 0 Å². The van der Waals surface area contributed by atoms with Gasteiger partial charge in [-0.3, -0.25) is 9.69 Å². The third-order valence-corrected chi connectivity index (χ3v) is 3.55. The molecule has 3 N–H and O–H groups in total. The van der Waals surface area contributed by atoms with Crippen LogP contribution in [0.5, 0.6) is 0 Å². The number of amides is 1. The van der Waals surface area contributed by atoms with Crippen molar-refractivity contribution >= 4 is 5.91 Å². The molecule has 1 fully saturated rings. The number of nitrogens with zero attached hydrogens (tertiary/aromatic N) is 1. The van der Waals surface area contributed by atoms with Crippen LogP contribution in [0, 0.1) is 0 Å². The number of benzene rings is 1. The first kappa shape index (κ1) is 13.1. The molecule has 0 aromatic heterocycles. The molecule has 98 valence electrons. The van der Waals surface area contributed by atoms with Gasteiger partial charge >= 0.3 is 0 Å². The lowest BCUT2D eigenvalue weighted by atomic mass is 9.93. The maximum atomic E-state index is 11.1. The van der Waals surface area contributed by atoms with Gasteiger partial charge in [-0.2, -0.15) is 0 Å². The van der Waals surface area contributed by atoms with Crippen molar-refractivity contribution in [1.82, 2.24) is 4.90 Å². The molecular weight excluding hydrogens is 228 g/mol. The lowest BCUT2D eigenvalue weighted by molar-refractivity contribution is -0.00730. The topological polar surface area (TPSA) is 66.6 Å². The van der Waals surface area contributed by atoms with Crippen molar-refractivity contribution < 1.29 is 9.90 Å². The molecule has 0 atom stereocenters. The minimum absolute atomic E-state index is 0.390. The predicted octanol–water partition coefficient (Wildman–Crippen LogP) is 1.13. The summed E-state index contributed by atoms with van der Waals surface area (Å²) < 4.78 is 0. The van der Waals surface area contributed by atoms with Gasteiger partial charge in [-0.05, 0) is 37.5 Å². The quantitative estimate of drug-likeness (QED) is 0.842.